The minimum Gasteiger partial charge on any atom is -0.506 e. The van der Waals surface area contributed by atoms with E-state index in [-0.39, 0.29) is 22.9 Å². The van der Waals surface area contributed by atoms with E-state index in [4.69, 9.17) is 16.9 Å². The fourth-order valence-corrected chi connectivity index (χ4v) is 2.56. The number of benzene rings is 1. The first-order chi connectivity index (χ1) is 7.90. The summed E-state index contributed by atoms with van der Waals surface area (Å²) in [6.45, 7) is 1.59. The van der Waals surface area contributed by atoms with E-state index in [2.05, 4.69) is 4.72 Å². The molecule has 0 aromatic heterocycles. The monoisotopic (exact) mass is 274 g/mol. The molecule has 0 bridgehead atoms. The third kappa shape index (κ3) is 3.25. The molecule has 1 unspecified atom stereocenters. The molecule has 1 aromatic rings. The molecule has 1 rings (SSSR count). The maximum atomic E-state index is 11.7. The highest BCUT2D eigenvalue weighted by atomic mass is 35.5. The first-order valence-corrected chi connectivity index (χ1v) is 6.73. The van der Waals surface area contributed by atoms with Gasteiger partial charge in [-0.05, 0) is 24.6 Å². The SMILES string of the molecule is CCC(C#N)S(=O)(=O)Nc1cc(Cl)ccc1O. The fourth-order valence-electron chi connectivity index (χ4n) is 1.19. The highest BCUT2D eigenvalue weighted by molar-refractivity contribution is 7.93. The smallest absolute Gasteiger partial charge is 0.249 e. The maximum Gasteiger partial charge on any atom is 0.249 e. The highest BCUT2D eigenvalue weighted by Gasteiger charge is 2.24. The number of nitriles is 1. The third-order valence-corrected chi connectivity index (χ3v) is 4.03. The van der Waals surface area contributed by atoms with Crippen LogP contribution in [0.1, 0.15) is 13.3 Å². The number of aromatic hydroxyl groups is 1. The summed E-state index contributed by atoms with van der Waals surface area (Å²) < 4.78 is 25.6. The van der Waals surface area contributed by atoms with Gasteiger partial charge in [-0.15, -0.1) is 0 Å². The molecule has 0 spiro atoms. The van der Waals surface area contributed by atoms with Crippen LogP contribution in [0.4, 0.5) is 5.69 Å². The van der Waals surface area contributed by atoms with E-state index in [1.807, 2.05) is 0 Å². The van der Waals surface area contributed by atoms with Crippen LogP contribution in [0.2, 0.25) is 5.02 Å². The van der Waals surface area contributed by atoms with Gasteiger partial charge >= 0.3 is 0 Å². The van der Waals surface area contributed by atoms with Crippen molar-refractivity contribution in [3.8, 4) is 11.8 Å². The topological polar surface area (TPSA) is 90.2 Å². The minimum atomic E-state index is -3.84. The number of phenols is 1. The molecule has 1 aromatic carbocycles. The van der Waals surface area contributed by atoms with Crippen molar-refractivity contribution < 1.29 is 13.5 Å². The molecule has 5 nitrogen and oxygen atoms in total. The van der Waals surface area contributed by atoms with Crippen LogP contribution in [0.25, 0.3) is 0 Å². The lowest BCUT2D eigenvalue weighted by molar-refractivity contribution is 0.477. The maximum absolute atomic E-state index is 11.7. The second kappa shape index (κ2) is 5.25. The molecule has 7 heteroatoms. The van der Waals surface area contributed by atoms with Gasteiger partial charge in [0.25, 0.3) is 0 Å². The van der Waals surface area contributed by atoms with Gasteiger partial charge in [0.05, 0.1) is 11.8 Å². The van der Waals surface area contributed by atoms with Gasteiger partial charge in [-0.25, -0.2) is 8.42 Å². The first-order valence-electron chi connectivity index (χ1n) is 4.80. The largest absolute Gasteiger partial charge is 0.506 e. The van der Waals surface area contributed by atoms with Gasteiger partial charge < -0.3 is 5.11 Å². The Bertz CT molecular complexity index is 551. The van der Waals surface area contributed by atoms with Crippen LogP contribution in [0, 0.1) is 11.3 Å². The van der Waals surface area contributed by atoms with Crippen molar-refractivity contribution in [1.82, 2.24) is 0 Å². The number of nitrogens with one attached hydrogen (secondary N) is 1. The van der Waals surface area contributed by atoms with Crippen molar-refractivity contribution in [2.75, 3.05) is 4.72 Å². The predicted molar refractivity (Wildman–Crippen MR) is 65.4 cm³/mol. The zero-order valence-electron chi connectivity index (χ0n) is 9.01. The summed E-state index contributed by atoms with van der Waals surface area (Å²) in [5.41, 5.74) is -0.0359. The fraction of sp³-hybridized carbons (Fsp3) is 0.300. The summed E-state index contributed by atoms with van der Waals surface area (Å²) in [5, 5.41) is 17.3. The van der Waals surface area contributed by atoms with Crippen molar-refractivity contribution in [3.63, 3.8) is 0 Å². The van der Waals surface area contributed by atoms with Crippen LogP contribution < -0.4 is 4.72 Å². The van der Waals surface area contributed by atoms with E-state index in [0.29, 0.717) is 0 Å². The molecular weight excluding hydrogens is 264 g/mol. The zero-order chi connectivity index (χ0) is 13.1. The third-order valence-electron chi connectivity index (χ3n) is 2.10. The zero-order valence-corrected chi connectivity index (χ0v) is 10.6. The van der Waals surface area contributed by atoms with Crippen molar-refractivity contribution in [3.05, 3.63) is 23.2 Å². The van der Waals surface area contributed by atoms with Gasteiger partial charge in [0, 0.05) is 5.02 Å². The number of rotatable bonds is 4. The molecule has 0 fully saturated rings. The van der Waals surface area contributed by atoms with Crippen molar-refractivity contribution >= 4 is 27.3 Å². The van der Waals surface area contributed by atoms with Crippen LogP contribution in [-0.2, 0) is 10.0 Å². The summed E-state index contributed by atoms with van der Waals surface area (Å²) >= 11 is 5.68. The van der Waals surface area contributed by atoms with Crippen LogP contribution >= 0.6 is 11.6 Å². The molecule has 0 aliphatic rings. The second-order valence-corrected chi connectivity index (χ2v) is 5.63. The molecular formula is C10H11ClN2O3S. The Kier molecular flexibility index (Phi) is 4.21. The van der Waals surface area contributed by atoms with Gasteiger partial charge in [0.2, 0.25) is 10.0 Å². The van der Waals surface area contributed by atoms with Crippen LogP contribution in [-0.4, -0.2) is 18.8 Å². The van der Waals surface area contributed by atoms with E-state index >= 15 is 0 Å². The van der Waals surface area contributed by atoms with Gasteiger partial charge in [-0.1, -0.05) is 18.5 Å². The summed E-state index contributed by atoms with van der Waals surface area (Å²) in [6, 6.07) is 5.66. The quantitative estimate of drug-likeness (QED) is 0.823. The normalized spacial score (nSPS) is 12.8. The van der Waals surface area contributed by atoms with Crippen LogP contribution in [0.15, 0.2) is 18.2 Å². The lowest BCUT2D eigenvalue weighted by Crippen LogP contribution is -2.25. The molecule has 0 aliphatic carbocycles. The minimum absolute atomic E-state index is 0.0359. The Balaban J connectivity index is 3.06. The molecule has 0 saturated carbocycles. The number of hydrogen-bond donors (Lipinski definition) is 2. The van der Waals surface area contributed by atoms with Gasteiger partial charge in [-0.3, -0.25) is 4.72 Å². The molecule has 0 heterocycles. The Morgan fingerprint density at radius 1 is 1.59 bits per heavy atom. The first kappa shape index (κ1) is 13.6. The average Bonchev–Trinajstić information content (AvgIpc) is 2.24. The van der Waals surface area contributed by atoms with Gasteiger partial charge in [0.15, 0.2) is 5.25 Å². The molecule has 17 heavy (non-hydrogen) atoms. The number of halogens is 1. The van der Waals surface area contributed by atoms with E-state index in [0.717, 1.165) is 0 Å². The lowest BCUT2D eigenvalue weighted by atomic mass is 10.3. The Morgan fingerprint density at radius 2 is 2.24 bits per heavy atom. The van der Waals surface area contributed by atoms with Crippen molar-refractivity contribution in [1.29, 1.82) is 5.26 Å². The summed E-state index contributed by atoms with van der Waals surface area (Å²) in [6.07, 6.45) is 0.160. The number of phenolic OH excluding ortho intramolecular Hbond substituents is 1. The van der Waals surface area contributed by atoms with Gasteiger partial charge in [-0.2, -0.15) is 5.26 Å². The highest BCUT2D eigenvalue weighted by Crippen LogP contribution is 2.28. The lowest BCUT2D eigenvalue weighted by Gasteiger charge is -2.12. The van der Waals surface area contributed by atoms with Crippen molar-refractivity contribution in [2.24, 2.45) is 0 Å². The van der Waals surface area contributed by atoms with E-state index < -0.39 is 15.3 Å². The summed E-state index contributed by atoms with van der Waals surface area (Å²) in [4.78, 5) is 0. The number of nitrogens with zero attached hydrogens (tertiary/aromatic N) is 1. The predicted octanol–water partition coefficient (Wildman–Crippen LogP) is 2.09. The average molecular weight is 275 g/mol. The Hall–Kier alpha value is -1.45. The van der Waals surface area contributed by atoms with E-state index in [1.165, 1.54) is 18.2 Å². The second-order valence-electron chi connectivity index (χ2n) is 3.33. The molecule has 1 atom stereocenters. The molecule has 92 valence electrons. The molecule has 0 radical (unpaired) electrons. The summed E-state index contributed by atoms with van der Waals surface area (Å²) in [7, 11) is -3.84. The Labute approximate surface area is 105 Å². The molecule has 2 N–H and O–H groups in total. The standard InChI is InChI=1S/C10H11ClN2O3S/c1-2-8(6-12)17(15,16)13-9-5-7(11)3-4-10(9)14/h3-5,8,13-14H,2H2,1H3. The number of anilines is 1. The summed E-state index contributed by atoms with van der Waals surface area (Å²) in [5.74, 6) is -0.245. The molecule has 0 amide bonds. The van der Waals surface area contributed by atoms with Crippen molar-refractivity contribution in [2.45, 2.75) is 18.6 Å². The van der Waals surface area contributed by atoms with Crippen LogP contribution in [0.5, 0.6) is 5.75 Å². The van der Waals surface area contributed by atoms with Crippen LogP contribution in [0.3, 0.4) is 0 Å². The van der Waals surface area contributed by atoms with E-state index in [1.54, 1.807) is 13.0 Å². The van der Waals surface area contributed by atoms with E-state index in [9.17, 15) is 13.5 Å². The van der Waals surface area contributed by atoms with Gasteiger partial charge in [0.1, 0.15) is 5.75 Å². The molecule has 0 aliphatic heterocycles. The Morgan fingerprint density at radius 3 is 2.76 bits per heavy atom. The molecule has 0 saturated heterocycles. The number of sulfonamides is 1. The number of hydrogen-bond acceptors (Lipinski definition) is 4.